The molecule has 6 heteroatoms. The van der Waals surface area contributed by atoms with Crippen molar-refractivity contribution in [3.63, 3.8) is 0 Å². The van der Waals surface area contributed by atoms with Gasteiger partial charge in [-0.15, -0.1) is 0 Å². The number of benzene rings is 1. The van der Waals surface area contributed by atoms with Gasteiger partial charge in [-0.3, -0.25) is 9.69 Å². The van der Waals surface area contributed by atoms with Crippen molar-refractivity contribution in [2.45, 2.75) is 32.4 Å². The minimum atomic E-state index is -0.801. The second kappa shape index (κ2) is 6.29. The standard InChI is InChI=1S/C17H24N4O2/c1-13-19-14-5-3-4-6-15(14)21(13)10-9-20-8-7-17(2,12-20)18-11-16(22)23/h3-6,18H,7-12H2,1-2H3,(H,22,23)/t17-/m1/s1. The number of imidazole rings is 1. The van der Waals surface area contributed by atoms with Gasteiger partial charge in [0.25, 0.3) is 0 Å². The van der Waals surface area contributed by atoms with Crippen LogP contribution in [0.1, 0.15) is 19.2 Å². The van der Waals surface area contributed by atoms with E-state index >= 15 is 0 Å². The molecule has 0 spiro atoms. The highest BCUT2D eigenvalue weighted by atomic mass is 16.4. The third kappa shape index (κ3) is 3.54. The number of rotatable bonds is 6. The van der Waals surface area contributed by atoms with Crippen LogP contribution in [0.25, 0.3) is 11.0 Å². The molecule has 2 N–H and O–H groups in total. The molecule has 0 amide bonds. The summed E-state index contributed by atoms with van der Waals surface area (Å²) >= 11 is 0. The quantitative estimate of drug-likeness (QED) is 0.845. The van der Waals surface area contributed by atoms with Gasteiger partial charge >= 0.3 is 5.97 Å². The van der Waals surface area contributed by atoms with Gasteiger partial charge in [0, 0.05) is 31.7 Å². The van der Waals surface area contributed by atoms with Crippen molar-refractivity contribution in [3.05, 3.63) is 30.1 Å². The molecule has 0 saturated carbocycles. The summed E-state index contributed by atoms with van der Waals surface area (Å²) in [5.74, 6) is 0.238. The predicted molar refractivity (Wildman–Crippen MR) is 89.6 cm³/mol. The number of aryl methyl sites for hydroxylation is 1. The topological polar surface area (TPSA) is 70.4 Å². The molecule has 0 bridgehead atoms. The number of aliphatic carboxylic acids is 1. The molecule has 1 aromatic heterocycles. The summed E-state index contributed by atoms with van der Waals surface area (Å²) in [6.07, 6.45) is 0.976. The molecule has 1 aliphatic heterocycles. The summed E-state index contributed by atoms with van der Waals surface area (Å²) < 4.78 is 2.26. The summed E-state index contributed by atoms with van der Waals surface area (Å²) in [6.45, 7) is 7.90. The summed E-state index contributed by atoms with van der Waals surface area (Å²) in [6, 6.07) is 8.21. The number of carboxylic acid groups (broad SMARTS) is 1. The van der Waals surface area contributed by atoms with Crippen molar-refractivity contribution in [1.29, 1.82) is 0 Å². The van der Waals surface area contributed by atoms with Gasteiger partial charge in [-0.25, -0.2) is 4.98 Å². The number of hydrogen-bond donors (Lipinski definition) is 2. The molecule has 2 aromatic rings. The van der Waals surface area contributed by atoms with Gasteiger partial charge < -0.3 is 15.0 Å². The van der Waals surface area contributed by atoms with E-state index in [2.05, 4.69) is 32.8 Å². The Balaban J connectivity index is 1.61. The van der Waals surface area contributed by atoms with Crippen molar-refractivity contribution in [2.24, 2.45) is 0 Å². The molecule has 124 valence electrons. The number of aromatic nitrogens is 2. The first-order valence-electron chi connectivity index (χ1n) is 8.08. The van der Waals surface area contributed by atoms with Crippen molar-refractivity contribution in [2.75, 3.05) is 26.2 Å². The lowest BCUT2D eigenvalue weighted by Gasteiger charge is -2.25. The normalized spacial score (nSPS) is 22.0. The number of carbonyl (C=O) groups is 1. The van der Waals surface area contributed by atoms with Crippen LogP contribution >= 0.6 is 0 Å². The summed E-state index contributed by atoms with van der Waals surface area (Å²) in [5, 5.41) is 12.0. The number of likely N-dealkylation sites (tertiary alicyclic amines) is 1. The van der Waals surface area contributed by atoms with Crippen LogP contribution in [0.3, 0.4) is 0 Å². The molecule has 1 atom stereocenters. The SMILES string of the molecule is Cc1nc2ccccc2n1CCN1CC[C@@](C)(NCC(=O)O)C1. The molecule has 1 aliphatic rings. The average Bonchev–Trinajstić information content (AvgIpc) is 3.04. The maximum atomic E-state index is 10.7. The Labute approximate surface area is 136 Å². The van der Waals surface area contributed by atoms with Crippen LogP contribution in [0.4, 0.5) is 0 Å². The van der Waals surface area contributed by atoms with Crippen molar-refractivity contribution < 1.29 is 9.90 Å². The number of carboxylic acids is 1. The van der Waals surface area contributed by atoms with Gasteiger partial charge in [0.05, 0.1) is 17.6 Å². The lowest BCUT2D eigenvalue weighted by Crippen LogP contribution is -2.47. The maximum absolute atomic E-state index is 10.7. The second-order valence-corrected chi connectivity index (χ2v) is 6.63. The fourth-order valence-electron chi connectivity index (χ4n) is 3.40. The van der Waals surface area contributed by atoms with Crippen LogP contribution in [0.15, 0.2) is 24.3 Å². The number of fused-ring (bicyclic) bond motifs is 1. The van der Waals surface area contributed by atoms with Gasteiger partial charge in [-0.1, -0.05) is 12.1 Å². The van der Waals surface area contributed by atoms with Crippen molar-refractivity contribution in [1.82, 2.24) is 19.8 Å². The first-order chi connectivity index (χ1) is 11.0. The van der Waals surface area contributed by atoms with Gasteiger partial charge in [-0.05, 0) is 32.4 Å². The molecule has 2 heterocycles. The van der Waals surface area contributed by atoms with E-state index in [9.17, 15) is 4.79 Å². The third-order valence-corrected chi connectivity index (χ3v) is 4.70. The largest absolute Gasteiger partial charge is 0.480 e. The highest BCUT2D eigenvalue weighted by molar-refractivity contribution is 5.75. The zero-order valence-electron chi connectivity index (χ0n) is 13.7. The van der Waals surface area contributed by atoms with Crippen LogP contribution < -0.4 is 5.32 Å². The average molecular weight is 316 g/mol. The minimum absolute atomic E-state index is 0.0234. The molecule has 0 unspecified atom stereocenters. The van der Waals surface area contributed by atoms with Gasteiger partial charge in [0.1, 0.15) is 5.82 Å². The molecule has 3 rings (SSSR count). The van der Waals surface area contributed by atoms with E-state index in [0.29, 0.717) is 0 Å². The van der Waals surface area contributed by atoms with Crippen LogP contribution in [0.2, 0.25) is 0 Å². The Hall–Kier alpha value is -1.92. The Morgan fingerprint density at radius 2 is 2.17 bits per heavy atom. The Morgan fingerprint density at radius 3 is 2.96 bits per heavy atom. The first kappa shape index (κ1) is 16.0. The molecule has 0 aliphatic carbocycles. The predicted octanol–water partition coefficient (Wildman–Crippen LogP) is 1.48. The Kier molecular flexibility index (Phi) is 4.37. The first-order valence-corrected chi connectivity index (χ1v) is 8.08. The van der Waals surface area contributed by atoms with Crippen molar-refractivity contribution >= 4 is 17.0 Å². The third-order valence-electron chi connectivity index (χ3n) is 4.70. The van der Waals surface area contributed by atoms with E-state index in [4.69, 9.17) is 5.11 Å². The summed E-state index contributed by atoms with van der Waals surface area (Å²) in [7, 11) is 0. The Morgan fingerprint density at radius 1 is 1.39 bits per heavy atom. The number of nitrogens with zero attached hydrogens (tertiary/aromatic N) is 3. The molecule has 23 heavy (non-hydrogen) atoms. The van der Waals surface area contributed by atoms with Crippen LogP contribution in [-0.4, -0.2) is 57.2 Å². The molecular formula is C17H24N4O2. The smallest absolute Gasteiger partial charge is 0.317 e. The van der Waals surface area contributed by atoms with E-state index < -0.39 is 5.97 Å². The molecular weight excluding hydrogens is 292 g/mol. The highest BCUT2D eigenvalue weighted by Gasteiger charge is 2.33. The number of hydrogen-bond acceptors (Lipinski definition) is 4. The van der Waals surface area contributed by atoms with Gasteiger partial charge in [-0.2, -0.15) is 0 Å². The lowest BCUT2D eigenvalue weighted by molar-refractivity contribution is -0.136. The van der Waals surface area contributed by atoms with E-state index in [-0.39, 0.29) is 12.1 Å². The lowest BCUT2D eigenvalue weighted by atomic mass is 10.0. The molecule has 6 nitrogen and oxygen atoms in total. The van der Waals surface area contributed by atoms with Crippen LogP contribution in [0.5, 0.6) is 0 Å². The molecule has 0 radical (unpaired) electrons. The highest BCUT2D eigenvalue weighted by Crippen LogP contribution is 2.21. The summed E-state index contributed by atoms with van der Waals surface area (Å²) in [5.41, 5.74) is 2.11. The van der Waals surface area contributed by atoms with E-state index in [1.165, 1.54) is 5.52 Å². The number of nitrogens with one attached hydrogen (secondary N) is 1. The zero-order valence-corrected chi connectivity index (χ0v) is 13.7. The molecule has 1 fully saturated rings. The fourth-order valence-corrected chi connectivity index (χ4v) is 3.40. The molecule has 1 aromatic carbocycles. The van der Waals surface area contributed by atoms with E-state index in [1.807, 2.05) is 25.1 Å². The minimum Gasteiger partial charge on any atom is -0.480 e. The second-order valence-electron chi connectivity index (χ2n) is 6.63. The fraction of sp³-hybridized carbons (Fsp3) is 0.529. The number of para-hydroxylation sites is 2. The van der Waals surface area contributed by atoms with Gasteiger partial charge in [0.2, 0.25) is 0 Å². The van der Waals surface area contributed by atoms with E-state index in [1.54, 1.807) is 0 Å². The maximum Gasteiger partial charge on any atom is 0.317 e. The zero-order chi connectivity index (χ0) is 16.4. The van der Waals surface area contributed by atoms with E-state index in [0.717, 1.165) is 43.9 Å². The van der Waals surface area contributed by atoms with Crippen LogP contribution in [0, 0.1) is 6.92 Å². The Bertz CT molecular complexity index is 712. The molecule has 1 saturated heterocycles. The monoisotopic (exact) mass is 316 g/mol. The summed E-state index contributed by atoms with van der Waals surface area (Å²) in [4.78, 5) is 17.7. The van der Waals surface area contributed by atoms with Crippen LogP contribution in [-0.2, 0) is 11.3 Å². The van der Waals surface area contributed by atoms with Crippen molar-refractivity contribution in [3.8, 4) is 0 Å². The van der Waals surface area contributed by atoms with Gasteiger partial charge in [0.15, 0.2) is 0 Å².